The lowest BCUT2D eigenvalue weighted by atomic mass is 9.97. The van der Waals surface area contributed by atoms with Gasteiger partial charge in [-0.1, -0.05) is 12.1 Å². The van der Waals surface area contributed by atoms with E-state index in [4.69, 9.17) is 4.74 Å². The average molecular weight is 346 g/mol. The fourth-order valence-corrected chi connectivity index (χ4v) is 3.00. The van der Waals surface area contributed by atoms with Crippen molar-refractivity contribution in [2.45, 2.75) is 25.1 Å². The van der Waals surface area contributed by atoms with Gasteiger partial charge in [0.2, 0.25) is 0 Å². The highest BCUT2D eigenvalue weighted by Crippen LogP contribution is 2.35. The first-order chi connectivity index (χ1) is 11.4. The van der Waals surface area contributed by atoms with Crippen LogP contribution in [0, 0.1) is 5.92 Å². The van der Waals surface area contributed by atoms with Crippen LogP contribution in [0.2, 0.25) is 0 Å². The Morgan fingerprint density at radius 3 is 2.62 bits per heavy atom. The van der Waals surface area contributed by atoms with E-state index in [0.717, 1.165) is 38.5 Å². The highest BCUT2D eigenvalue weighted by atomic mass is 19.4. The lowest BCUT2D eigenvalue weighted by molar-refractivity contribution is -0.139. The maximum absolute atomic E-state index is 12.9. The number of aliphatic hydroxyl groups is 1. The van der Waals surface area contributed by atoms with E-state index in [9.17, 15) is 18.3 Å². The zero-order valence-corrected chi connectivity index (χ0v) is 13.9. The summed E-state index contributed by atoms with van der Waals surface area (Å²) in [5.74, 6) is 0.348. The minimum Gasteiger partial charge on any atom is -0.490 e. The summed E-state index contributed by atoms with van der Waals surface area (Å²) >= 11 is 0. The van der Waals surface area contributed by atoms with E-state index in [2.05, 4.69) is 5.32 Å². The number of rotatable bonds is 7. The first kappa shape index (κ1) is 19.0. The standard InChI is InChI=1S/C17H25F3N2O2/c1-22(10-13-6-8-21-9-7-13)11-14(23)12-24-16-5-3-2-4-15(16)17(18,19)20/h2-5,13-14,21,23H,6-12H2,1H3. The zero-order valence-electron chi connectivity index (χ0n) is 13.9. The Morgan fingerprint density at radius 1 is 1.29 bits per heavy atom. The first-order valence-corrected chi connectivity index (χ1v) is 8.22. The molecule has 24 heavy (non-hydrogen) atoms. The SMILES string of the molecule is CN(CC(O)COc1ccccc1C(F)(F)F)CC1CCNCC1. The lowest BCUT2D eigenvalue weighted by Gasteiger charge is -2.28. The van der Waals surface area contributed by atoms with Crippen LogP contribution in [-0.2, 0) is 6.18 Å². The summed E-state index contributed by atoms with van der Waals surface area (Å²) in [6.45, 7) is 3.11. The van der Waals surface area contributed by atoms with Crippen LogP contribution in [0.1, 0.15) is 18.4 Å². The highest BCUT2D eigenvalue weighted by Gasteiger charge is 2.34. The van der Waals surface area contributed by atoms with Crippen LogP contribution in [0.4, 0.5) is 13.2 Å². The Bertz CT molecular complexity index is 505. The molecule has 4 nitrogen and oxygen atoms in total. The first-order valence-electron chi connectivity index (χ1n) is 8.22. The fraction of sp³-hybridized carbons (Fsp3) is 0.647. The molecule has 0 saturated carbocycles. The molecule has 1 fully saturated rings. The summed E-state index contributed by atoms with van der Waals surface area (Å²) in [6.07, 6.45) is -3.09. The molecule has 2 rings (SSSR count). The van der Waals surface area contributed by atoms with Crippen molar-refractivity contribution in [2.75, 3.05) is 39.8 Å². The zero-order chi connectivity index (χ0) is 17.6. The third kappa shape index (κ3) is 5.96. The van der Waals surface area contributed by atoms with Crippen LogP contribution in [0.25, 0.3) is 0 Å². The molecule has 2 N–H and O–H groups in total. The van der Waals surface area contributed by atoms with Crippen molar-refractivity contribution in [2.24, 2.45) is 5.92 Å². The number of hydrogen-bond acceptors (Lipinski definition) is 4. The van der Waals surface area contributed by atoms with Gasteiger partial charge in [0, 0.05) is 13.1 Å². The lowest BCUT2D eigenvalue weighted by Crippen LogP contribution is -2.39. The van der Waals surface area contributed by atoms with Gasteiger partial charge in [0.1, 0.15) is 18.5 Å². The number of ether oxygens (including phenoxy) is 1. The Hall–Kier alpha value is -1.31. The van der Waals surface area contributed by atoms with Crippen molar-refractivity contribution >= 4 is 0 Å². The molecule has 1 atom stereocenters. The average Bonchev–Trinajstić information content (AvgIpc) is 2.53. The summed E-state index contributed by atoms with van der Waals surface area (Å²) < 4.78 is 43.9. The normalized spacial score (nSPS) is 17.9. The number of likely N-dealkylation sites (N-methyl/N-ethyl adjacent to an activating group) is 1. The van der Waals surface area contributed by atoms with Gasteiger partial charge in [-0.2, -0.15) is 13.2 Å². The summed E-state index contributed by atoms with van der Waals surface area (Å²) in [5, 5.41) is 13.3. The van der Waals surface area contributed by atoms with Crippen LogP contribution < -0.4 is 10.1 Å². The second-order valence-electron chi connectivity index (χ2n) is 6.37. The summed E-state index contributed by atoms with van der Waals surface area (Å²) in [7, 11) is 1.91. The molecule has 0 aliphatic carbocycles. The predicted molar refractivity (Wildman–Crippen MR) is 86.0 cm³/mol. The molecule has 1 aliphatic rings. The Labute approximate surface area is 140 Å². The molecule has 1 saturated heterocycles. The number of benzene rings is 1. The number of piperidine rings is 1. The van der Waals surface area contributed by atoms with Crippen LogP contribution in [0.3, 0.4) is 0 Å². The fourth-order valence-electron chi connectivity index (χ4n) is 3.00. The molecule has 0 radical (unpaired) electrons. The van der Waals surface area contributed by atoms with E-state index < -0.39 is 17.8 Å². The monoisotopic (exact) mass is 346 g/mol. The van der Waals surface area contributed by atoms with Gasteiger partial charge in [-0.3, -0.25) is 0 Å². The number of para-hydroxylation sites is 1. The summed E-state index contributed by atoms with van der Waals surface area (Å²) in [6, 6.07) is 5.05. The van der Waals surface area contributed by atoms with Gasteiger partial charge in [-0.25, -0.2) is 0 Å². The van der Waals surface area contributed by atoms with Gasteiger partial charge in [0.25, 0.3) is 0 Å². The molecule has 1 aromatic rings. The summed E-state index contributed by atoms with van der Waals surface area (Å²) in [5.41, 5.74) is -0.819. The number of nitrogens with one attached hydrogen (secondary N) is 1. The van der Waals surface area contributed by atoms with Crippen LogP contribution in [0.5, 0.6) is 5.75 Å². The van der Waals surface area contributed by atoms with Gasteiger partial charge in [-0.05, 0) is 51.0 Å². The Balaban J connectivity index is 1.79. The Kier molecular flexibility index (Phi) is 6.89. The van der Waals surface area contributed by atoms with Gasteiger partial charge < -0.3 is 20.1 Å². The Morgan fingerprint density at radius 2 is 1.96 bits per heavy atom. The van der Waals surface area contributed by atoms with E-state index in [1.165, 1.54) is 18.2 Å². The van der Waals surface area contributed by atoms with Gasteiger partial charge >= 0.3 is 6.18 Å². The van der Waals surface area contributed by atoms with Crippen molar-refractivity contribution in [1.29, 1.82) is 0 Å². The van der Waals surface area contributed by atoms with Crippen molar-refractivity contribution in [3.8, 4) is 5.75 Å². The predicted octanol–water partition coefficient (Wildman–Crippen LogP) is 2.38. The van der Waals surface area contributed by atoms with E-state index in [0.29, 0.717) is 12.5 Å². The smallest absolute Gasteiger partial charge is 0.419 e. The number of hydrogen-bond donors (Lipinski definition) is 2. The molecule has 1 heterocycles. The van der Waals surface area contributed by atoms with E-state index in [-0.39, 0.29) is 12.4 Å². The third-order valence-electron chi connectivity index (χ3n) is 4.17. The largest absolute Gasteiger partial charge is 0.490 e. The summed E-state index contributed by atoms with van der Waals surface area (Å²) in [4.78, 5) is 2.01. The second kappa shape index (κ2) is 8.69. The topological polar surface area (TPSA) is 44.7 Å². The van der Waals surface area contributed by atoms with Crippen molar-refractivity contribution in [3.63, 3.8) is 0 Å². The van der Waals surface area contributed by atoms with Gasteiger partial charge in [0.05, 0.1) is 5.56 Å². The number of nitrogens with zero attached hydrogens (tertiary/aromatic N) is 1. The molecular formula is C17H25F3N2O2. The van der Waals surface area contributed by atoms with Crippen molar-refractivity contribution in [1.82, 2.24) is 10.2 Å². The molecule has 7 heteroatoms. The maximum Gasteiger partial charge on any atom is 0.419 e. The van der Waals surface area contributed by atoms with Gasteiger partial charge in [0.15, 0.2) is 0 Å². The van der Waals surface area contributed by atoms with Crippen LogP contribution >= 0.6 is 0 Å². The number of aliphatic hydroxyl groups excluding tert-OH is 1. The van der Waals surface area contributed by atoms with E-state index in [1.807, 2.05) is 11.9 Å². The highest BCUT2D eigenvalue weighted by molar-refractivity contribution is 5.35. The van der Waals surface area contributed by atoms with Crippen LogP contribution in [-0.4, -0.2) is 55.9 Å². The van der Waals surface area contributed by atoms with Crippen LogP contribution in [0.15, 0.2) is 24.3 Å². The molecule has 0 amide bonds. The molecule has 0 aromatic heterocycles. The number of alkyl halides is 3. The quantitative estimate of drug-likeness (QED) is 0.796. The number of halogens is 3. The molecular weight excluding hydrogens is 321 g/mol. The minimum absolute atomic E-state index is 0.163. The van der Waals surface area contributed by atoms with Crippen molar-refractivity contribution < 1.29 is 23.0 Å². The minimum atomic E-state index is -4.46. The second-order valence-corrected chi connectivity index (χ2v) is 6.37. The maximum atomic E-state index is 12.9. The van der Waals surface area contributed by atoms with Gasteiger partial charge in [-0.15, -0.1) is 0 Å². The molecule has 136 valence electrons. The molecule has 0 spiro atoms. The molecule has 1 aromatic carbocycles. The van der Waals surface area contributed by atoms with Crippen molar-refractivity contribution in [3.05, 3.63) is 29.8 Å². The third-order valence-corrected chi connectivity index (χ3v) is 4.17. The molecule has 1 aliphatic heterocycles. The van der Waals surface area contributed by atoms with E-state index >= 15 is 0 Å². The van der Waals surface area contributed by atoms with E-state index in [1.54, 1.807) is 0 Å². The molecule has 1 unspecified atom stereocenters. The molecule has 0 bridgehead atoms.